The Hall–Kier alpha value is 0.932. The maximum absolute atomic E-state index is 0. The zero-order valence-electron chi connectivity index (χ0n) is 1.97. The van der Waals surface area contributed by atoms with Gasteiger partial charge in [-0.1, -0.05) is 0 Å². The second-order valence-electron chi connectivity index (χ2n) is 0. The van der Waals surface area contributed by atoms with Crippen LogP contribution in [0.15, 0.2) is 0 Å². The Morgan fingerprint density at radius 1 is 0.800 bits per heavy atom. The van der Waals surface area contributed by atoms with Crippen LogP contribution in [0.4, 0.5) is 0 Å². The van der Waals surface area contributed by atoms with Crippen molar-refractivity contribution in [1.29, 1.82) is 0 Å². The van der Waals surface area contributed by atoms with E-state index in [2.05, 4.69) is 0 Å². The quantitative estimate of drug-likeness (QED) is 0.448. The summed E-state index contributed by atoms with van der Waals surface area (Å²) in [6.45, 7) is 0. The molecule has 0 unspecified atom stereocenters. The molecule has 0 aliphatic heterocycles. The van der Waals surface area contributed by atoms with Crippen molar-refractivity contribution in [3.05, 3.63) is 0 Å². The largest absolute Gasteiger partial charge is 3.00 e. The van der Waals surface area contributed by atoms with Crippen molar-refractivity contribution in [1.82, 2.24) is 0 Å². The maximum Gasteiger partial charge on any atom is 3.00 e. The van der Waals surface area contributed by atoms with Gasteiger partial charge in [-0.15, -0.1) is 0 Å². The molecule has 0 aromatic heterocycles. The van der Waals surface area contributed by atoms with Gasteiger partial charge in [0.25, 0.3) is 0 Å². The molecule has 0 aromatic rings. The van der Waals surface area contributed by atoms with Gasteiger partial charge in [-0.25, -0.2) is 0 Å². The second kappa shape index (κ2) is 87.8. The van der Waals surface area contributed by atoms with E-state index in [0.29, 0.717) is 0 Å². The van der Waals surface area contributed by atoms with E-state index in [9.17, 15) is 0 Å². The van der Waals surface area contributed by atoms with Gasteiger partial charge in [-0.3, -0.25) is 0 Å². The minimum atomic E-state index is 0. The molecule has 0 saturated heterocycles. The molecule has 0 aliphatic rings. The Morgan fingerprint density at radius 3 is 0.800 bits per heavy atom. The maximum atomic E-state index is 0. The fourth-order valence-electron chi connectivity index (χ4n) is 0. The van der Waals surface area contributed by atoms with Crippen LogP contribution < -0.4 is 0 Å². The first-order chi connectivity index (χ1) is 0. The van der Waals surface area contributed by atoms with Crippen LogP contribution in [0, 0.1) is 0 Å². The second-order valence-corrected chi connectivity index (χ2v) is 0. The van der Waals surface area contributed by atoms with Gasteiger partial charge < -0.3 is 16.4 Å². The molecule has 1 N–H and O–H groups in total. The van der Waals surface area contributed by atoms with Crippen LogP contribution in [0.1, 0.15) is 0 Å². The molecule has 36 valence electrons. The molecule has 0 heterocycles. The molecule has 2 radical (unpaired) electrons. The summed E-state index contributed by atoms with van der Waals surface area (Å²) in [7, 11) is 0. The fourth-order valence-corrected chi connectivity index (χ4v) is 0. The molecule has 0 amide bonds. The van der Waals surface area contributed by atoms with Gasteiger partial charge >= 0.3 is 34.4 Å². The van der Waals surface area contributed by atoms with Crippen LogP contribution in [0.2, 0.25) is 0 Å². The molecular weight excluding hydrogens is 164 g/mol. The Bertz CT molecular complexity index is 6.85. The van der Waals surface area contributed by atoms with Crippen molar-refractivity contribution in [2.75, 3.05) is 0 Å². The third kappa shape index (κ3) is 48.8. The van der Waals surface area contributed by atoms with Crippen molar-refractivity contribution < 1.29 is 50.9 Å². The van der Waals surface area contributed by atoms with Crippen molar-refractivity contribution in [2.24, 2.45) is 0 Å². The molecule has 0 bridgehead atoms. The summed E-state index contributed by atoms with van der Waals surface area (Å²) in [6, 6.07) is 0. The van der Waals surface area contributed by atoms with E-state index in [1.807, 2.05) is 0 Å². The summed E-state index contributed by atoms with van der Waals surface area (Å²) in [6.07, 6.45) is 0. The normalized spacial score (nSPS) is 0. The van der Waals surface area contributed by atoms with Gasteiger partial charge in [0, 0.05) is 0 Å². The van der Waals surface area contributed by atoms with Crippen LogP contribution in [0.3, 0.4) is 0 Å². The standard InChI is InChI=1S/Cr.Cu.H2O.2O/h;;1H2;;/q+3;+2;;2*-2/p-1. The third-order valence-corrected chi connectivity index (χ3v) is 0. The minimum absolute atomic E-state index is 0. The Labute approximate surface area is 51.3 Å². The molecule has 0 aliphatic carbocycles. The van der Waals surface area contributed by atoms with Gasteiger partial charge in [-0.2, -0.15) is 0 Å². The number of rotatable bonds is 0. The summed E-state index contributed by atoms with van der Waals surface area (Å²) in [5, 5.41) is 0. The molecule has 3 nitrogen and oxygen atoms in total. The Kier molecular flexibility index (Phi) is 2920. The van der Waals surface area contributed by atoms with E-state index in [1.165, 1.54) is 0 Å². The van der Waals surface area contributed by atoms with Gasteiger partial charge in [0.1, 0.15) is 0 Å². The fraction of sp³-hybridized carbons (Fsp3) is 0. The van der Waals surface area contributed by atoms with E-state index in [4.69, 9.17) is 0 Å². The van der Waals surface area contributed by atoms with Gasteiger partial charge in [0.2, 0.25) is 0 Å². The molecule has 0 spiro atoms. The first-order valence-electron chi connectivity index (χ1n) is 0. The molecule has 5 heteroatoms. The SMILES string of the molecule is [Cr+3].[Cu+2].[O-2].[O-2].[OH-]. The van der Waals surface area contributed by atoms with E-state index in [0.717, 1.165) is 0 Å². The topological polar surface area (TPSA) is 87.0 Å². The molecule has 0 rings (SSSR count). The Balaban J connectivity index is 0. The summed E-state index contributed by atoms with van der Waals surface area (Å²) in [4.78, 5) is 0. The van der Waals surface area contributed by atoms with Gasteiger partial charge in [0.05, 0.1) is 0 Å². The summed E-state index contributed by atoms with van der Waals surface area (Å²) in [5.74, 6) is 0. The van der Waals surface area contributed by atoms with Crippen LogP contribution >= 0.6 is 0 Å². The average Bonchev–Trinajstić information content (AvgIpc) is 0. The molecule has 0 fully saturated rings. The minimum Gasteiger partial charge on any atom is -2.00 e. The van der Waals surface area contributed by atoms with E-state index in [1.54, 1.807) is 0 Å². The zero-order valence-corrected chi connectivity index (χ0v) is 4.19. The van der Waals surface area contributed by atoms with Crippen LogP contribution in [-0.2, 0) is 45.4 Å². The third-order valence-electron chi connectivity index (χ3n) is 0. The smallest absolute Gasteiger partial charge is 2.00 e. The first kappa shape index (κ1) is 166. The number of hydrogen-bond acceptors (Lipinski definition) is 1. The molecule has 0 atom stereocenters. The van der Waals surface area contributed by atoms with E-state index >= 15 is 0 Å². The number of hydrogen-bond donors (Lipinski definition) is 0. The predicted molar refractivity (Wildman–Crippen MR) is 3.31 cm³/mol. The summed E-state index contributed by atoms with van der Waals surface area (Å²) in [5.41, 5.74) is 0. The van der Waals surface area contributed by atoms with Crippen LogP contribution in [0.25, 0.3) is 0 Å². The van der Waals surface area contributed by atoms with Gasteiger partial charge in [-0.05, 0) is 0 Å². The van der Waals surface area contributed by atoms with E-state index in [-0.39, 0.29) is 50.9 Å². The van der Waals surface area contributed by atoms with Crippen LogP contribution in [0.5, 0.6) is 0 Å². The van der Waals surface area contributed by atoms with Crippen molar-refractivity contribution >= 4 is 0 Å². The Morgan fingerprint density at radius 2 is 0.800 bits per heavy atom. The zero-order chi connectivity index (χ0) is 0. The molecular formula is HCrCuO3. The van der Waals surface area contributed by atoms with Gasteiger partial charge in [0.15, 0.2) is 0 Å². The van der Waals surface area contributed by atoms with E-state index < -0.39 is 0 Å². The summed E-state index contributed by atoms with van der Waals surface area (Å²) >= 11 is 0. The summed E-state index contributed by atoms with van der Waals surface area (Å²) < 4.78 is 0. The molecule has 5 heavy (non-hydrogen) atoms. The molecule has 0 aromatic carbocycles. The predicted octanol–water partition coefficient (Wildman–Crippen LogP) is -0.419. The first-order valence-corrected chi connectivity index (χ1v) is 0. The average molecular weight is 165 g/mol. The molecule has 0 saturated carbocycles. The van der Waals surface area contributed by atoms with Crippen molar-refractivity contribution in [3.8, 4) is 0 Å². The van der Waals surface area contributed by atoms with Crippen molar-refractivity contribution in [3.63, 3.8) is 0 Å². The van der Waals surface area contributed by atoms with Crippen LogP contribution in [-0.4, -0.2) is 5.48 Å². The monoisotopic (exact) mass is 164 g/mol. The van der Waals surface area contributed by atoms with Crippen molar-refractivity contribution in [2.45, 2.75) is 0 Å².